The first-order chi connectivity index (χ1) is 6.70. The smallest absolute Gasteiger partial charge is 0.306 e. The zero-order valence-electron chi connectivity index (χ0n) is 8.25. The van der Waals surface area contributed by atoms with Gasteiger partial charge in [0.2, 0.25) is 0 Å². The fourth-order valence-electron chi connectivity index (χ4n) is 0.835. The second kappa shape index (κ2) is 8.11. The molecule has 0 atom stereocenters. The first-order valence-corrected chi connectivity index (χ1v) is 4.36. The highest BCUT2D eigenvalue weighted by molar-refractivity contribution is 5.70. The molecular formula is C10H14O4. The number of rotatable bonds is 6. The summed E-state index contributed by atoms with van der Waals surface area (Å²) in [6.45, 7) is 0.00976. The van der Waals surface area contributed by atoms with Crippen molar-refractivity contribution in [1.29, 1.82) is 0 Å². The molecule has 0 unspecified atom stereocenters. The highest BCUT2D eigenvalue weighted by atomic mass is 16.5. The van der Waals surface area contributed by atoms with E-state index in [1.54, 1.807) is 0 Å². The lowest BCUT2D eigenvalue weighted by molar-refractivity contribution is -0.143. The maximum Gasteiger partial charge on any atom is 0.306 e. The van der Waals surface area contributed by atoms with E-state index in [1.165, 1.54) is 7.11 Å². The van der Waals surface area contributed by atoms with Crippen LogP contribution in [0.3, 0.4) is 0 Å². The Morgan fingerprint density at radius 1 is 1.21 bits per heavy atom. The molecule has 0 radical (unpaired) electrons. The van der Waals surface area contributed by atoms with Crippen molar-refractivity contribution in [2.24, 2.45) is 0 Å². The standard InChI is InChI=1S/C10H14O4/c1-3-8-14-10(12)7-5-4-6-9(11)13-2/h1H,4-8H2,2H3. The largest absolute Gasteiger partial charge is 0.469 e. The van der Waals surface area contributed by atoms with Crippen LogP contribution in [-0.2, 0) is 19.1 Å². The van der Waals surface area contributed by atoms with Crippen molar-refractivity contribution in [3.8, 4) is 12.3 Å². The van der Waals surface area contributed by atoms with Gasteiger partial charge in [-0.1, -0.05) is 5.92 Å². The third-order valence-corrected chi connectivity index (χ3v) is 1.56. The molecule has 0 saturated carbocycles. The van der Waals surface area contributed by atoms with Crippen LogP contribution >= 0.6 is 0 Å². The van der Waals surface area contributed by atoms with Crippen LogP contribution in [0.15, 0.2) is 0 Å². The third-order valence-electron chi connectivity index (χ3n) is 1.56. The number of hydrogen-bond donors (Lipinski definition) is 0. The summed E-state index contributed by atoms with van der Waals surface area (Å²) in [5.41, 5.74) is 0. The van der Waals surface area contributed by atoms with Gasteiger partial charge in [-0.3, -0.25) is 9.59 Å². The number of unbranched alkanes of at least 4 members (excludes halogenated alkanes) is 1. The summed E-state index contributed by atoms with van der Waals surface area (Å²) in [5.74, 6) is 1.61. The summed E-state index contributed by atoms with van der Waals surface area (Å²) in [4.78, 5) is 21.5. The van der Waals surface area contributed by atoms with E-state index in [0.717, 1.165) is 0 Å². The molecule has 0 bridgehead atoms. The SMILES string of the molecule is C#CCOC(=O)CCCCC(=O)OC. The van der Waals surface area contributed by atoms with Crippen LogP contribution < -0.4 is 0 Å². The lowest BCUT2D eigenvalue weighted by atomic mass is 10.2. The topological polar surface area (TPSA) is 52.6 Å². The number of methoxy groups -OCH3 is 1. The van der Waals surface area contributed by atoms with E-state index in [9.17, 15) is 9.59 Å². The molecule has 0 aromatic heterocycles. The zero-order chi connectivity index (χ0) is 10.8. The Hall–Kier alpha value is -1.50. The van der Waals surface area contributed by atoms with Gasteiger partial charge < -0.3 is 9.47 Å². The van der Waals surface area contributed by atoms with E-state index in [2.05, 4.69) is 15.4 Å². The molecular weight excluding hydrogens is 184 g/mol. The van der Waals surface area contributed by atoms with Crippen molar-refractivity contribution in [2.75, 3.05) is 13.7 Å². The zero-order valence-corrected chi connectivity index (χ0v) is 8.25. The molecule has 4 nitrogen and oxygen atoms in total. The van der Waals surface area contributed by atoms with Crippen LogP contribution in [0, 0.1) is 12.3 Å². The van der Waals surface area contributed by atoms with Gasteiger partial charge in [0.15, 0.2) is 6.61 Å². The highest BCUT2D eigenvalue weighted by Gasteiger charge is 2.03. The second-order valence-electron chi connectivity index (χ2n) is 2.65. The van der Waals surface area contributed by atoms with E-state index in [4.69, 9.17) is 6.42 Å². The Kier molecular flexibility index (Phi) is 7.24. The quantitative estimate of drug-likeness (QED) is 0.361. The summed E-state index contributed by atoms with van der Waals surface area (Å²) < 4.78 is 9.07. The van der Waals surface area contributed by atoms with E-state index in [-0.39, 0.29) is 18.5 Å². The van der Waals surface area contributed by atoms with Crippen molar-refractivity contribution in [3.05, 3.63) is 0 Å². The van der Waals surface area contributed by atoms with E-state index in [0.29, 0.717) is 25.7 Å². The molecule has 0 heterocycles. The third kappa shape index (κ3) is 7.17. The van der Waals surface area contributed by atoms with Crippen LogP contribution in [0.5, 0.6) is 0 Å². The molecule has 0 spiro atoms. The lowest BCUT2D eigenvalue weighted by Gasteiger charge is -2.00. The van der Waals surface area contributed by atoms with Gasteiger partial charge in [-0.2, -0.15) is 0 Å². The molecule has 0 aliphatic rings. The molecule has 4 heteroatoms. The van der Waals surface area contributed by atoms with Gasteiger partial charge in [0.05, 0.1) is 7.11 Å². The normalized spacial score (nSPS) is 8.86. The highest BCUT2D eigenvalue weighted by Crippen LogP contribution is 2.02. The van der Waals surface area contributed by atoms with Crippen LogP contribution in [0.25, 0.3) is 0 Å². The molecule has 0 N–H and O–H groups in total. The van der Waals surface area contributed by atoms with E-state index < -0.39 is 0 Å². The van der Waals surface area contributed by atoms with Crippen LogP contribution in [0.2, 0.25) is 0 Å². The van der Waals surface area contributed by atoms with Crippen molar-refractivity contribution in [3.63, 3.8) is 0 Å². The lowest BCUT2D eigenvalue weighted by Crippen LogP contribution is -2.05. The average molecular weight is 198 g/mol. The fourth-order valence-corrected chi connectivity index (χ4v) is 0.835. The van der Waals surface area contributed by atoms with Gasteiger partial charge in [0, 0.05) is 12.8 Å². The molecule has 0 amide bonds. The predicted molar refractivity (Wildman–Crippen MR) is 50.3 cm³/mol. The summed E-state index contributed by atoms with van der Waals surface area (Å²) in [5, 5.41) is 0. The Balaban J connectivity index is 3.32. The van der Waals surface area contributed by atoms with Crippen molar-refractivity contribution >= 4 is 11.9 Å². The number of carbonyl (C=O) groups excluding carboxylic acids is 2. The number of hydrogen-bond acceptors (Lipinski definition) is 4. The van der Waals surface area contributed by atoms with Crippen molar-refractivity contribution in [1.82, 2.24) is 0 Å². The summed E-state index contributed by atoms with van der Waals surface area (Å²) in [6, 6.07) is 0. The Labute approximate surface area is 83.6 Å². The molecule has 0 aliphatic heterocycles. The Morgan fingerprint density at radius 3 is 2.29 bits per heavy atom. The van der Waals surface area contributed by atoms with Gasteiger partial charge in [-0.15, -0.1) is 6.42 Å². The van der Waals surface area contributed by atoms with Gasteiger partial charge in [-0.05, 0) is 12.8 Å². The van der Waals surface area contributed by atoms with E-state index >= 15 is 0 Å². The monoisotopic (exact) mass is 198 g/mol. The minimum absolute atomic E-state index is 0.00976. The summed E-state index contributed by atoms with van der Waals surface area (Å²) in [7, 11) is 1.34. The summed E-state index contributed by atoms with van der Waals surface area (Å²) >= 11 is 0. The number of ether oxygens (including phenoxy) is 2. The molecule has 0 fully saturated rings. The minimum atomic E-state index is -0.326. The Bertz CT molecular complexity index is 227. The van der Waals surface area contributed by atoms with Gasteiger partial charge >= 0.3 is 11.9 Å². The predicted octanol–water partition coefficient (Wildman–Crippen LogP) is 0.896. The Morgan fingerprint density at radius 2 is 1.79 bits per heavy atom. The number of esters is 2. The van der Waals surface area contributed by atoms with Crippen LogP contribution in [0.4, 0.5) is 0 Å². The average Bonchev–Trinajstić information content (AvgIpc) is 2.21. The van der Waals surface area contributed by atoms with Crippen LogP contribution in [-0.4, -0.2) is 25.7 Å². The van der Waals surface area contributed by atoms with Crippen molar-refractivity contribution < 1.29 is 19.1 Å². The number of terminal acetylenes is 1. The molecule has 0 rings (SSSR count). The molecule has 0 aromatic carbocycles. The van der Waals surface area contributed by atoms with Gasteiger partial charge in [-0.25, -0.2) is 0 Å². The van der Waals surface area contributed by atoms with Gasteiger partial charge in [0.25, 0.3) is 0 Å². The molecule has 0 saturated heterocycles. The first kappa shape index (κ1) is 12.5. The molecule has 78 valence electrons. The van der Waals surface area contributed by atoms with Crippen LogP contribution in [0.1, 0.15) is 25.7 Å². The molecule has 0 aliphatic carbocycles. The van der Waals surface area contributed by atoms with Crippen molar-refractivity contribution in [2.45, 2.75) is 25.7 Å². The fraction of sp³-hybridized carbons (Fsp3) is 0.600. The second-order valence-corrected chi connectivity index (χ2v) is 2.65. The maximum absolute atomic E-state index is 10.9. The maximum atomic E-state index is 10.9. The molecule has 14 heavy (non-hydrogen) atoms. The van der Waals surface area contributed by atoms with Gasteiger partial charge in [0.1, 0.15) is 0 Å². The minimum Gasteiger partial charge on any atom is -0.469 e. The number of carbonyl (C=O) groups is 2. The molecule has 0 aromatic rings. The summed E-state index contributed by atoms with van der Waals surface area (Å²) in [6.07, 6.45) is 6.76. The van der Waals surface area contributed by atoms with E-state index in [1.807, 2.05) is 0 Å². The first-order valence-electron chi connectivity index (χ1n) is 4.36.